The predicted molar refractivity (Wildman–Crippen MR) is 87.2 cm³/mol. The zero-order valence-corrected chi connectivity index (χ0v) is 13.9. The maximum atomic E-state index is 5.03. The van der Waals surface area contributed by atoms with Crippen molar-refractivity contribution in [2.24, 2.45) is 11.8 Å². The molecule has 0 heterocycles. The van der Waals surface area contributed by atoms with E-state index in [4.69, 9.17) is 4.74 Å². The Bertz CT molecular complexity index is 215. The molecule has 1 saturated carbocycles. The van der Waals surface area contributed by atoms with E-state index in [0.29, 0.717) is 6.04 Å². The number of nitrogens with one attached hydrogen (secondary N) is 2. The lowest BCUT2D eigenvalue weighted by Gasteiger charge is -2.29. The predicted octanol–water partition coefficient (Wildman–Crippen LogP) is 3.20. The molecule has 0 aromatic heterocycles. The largest absolute Gasteiger partial charge is 0.383 e. The third kappa shape index (κ3) is 8.23. The number of rotatable bonds is 11. The van der Waals surface area contributed by atoms with Gasteiger partial charge in [-0.25, -0.2) is 0 Å². The van der Waals surface area contributed by atoms with Gasteiger partial charge in [0.2, 0.25) is 0 Å². The van der Waals surface area contributed by atoms with E-state index in [-0.39, 0.29) is 0 Å². The molecular formula is C17H36N2O. The minimum Gasteiger partial charge on any atom is -0.383 e. The van der Waals surface area contributed by atoms with Crippen LogP contribution in [0.3, 0.4) is 0 Å². The van der Waals surface area contributed by atoms with Crippen LogP contribution < -0.4 is 10.6 Å². The van der Waals surface area contributed by atoms with Crippen molar-refractivity contribution in [3.05, 3.63) is 0 Å². The molecule has 0 aromatic carbocycles. The minimum atomic E-state index is 0.560. The van der Waals surface area contributed by atoms with Crippen LogP contribution in [0.25, 0.3) is 0 Å². The standard InChI is InChI=1S/C17H36N2O/c1-4-5-6-16-7-9-17(10-8-16)14-19-15(2)13-18-11-12-20-3/h15-19H,4-14H2,1-3H3. The summed E-state index contributed by atoms with van der Waals surface area (Å²) in [7, 11) is 1.75. The van der Waals surface area contributed by atoms with Crippen LogP contribution >= 0.6 is 0 Å². The van der Waals surface area contributed by atoms with Crippen LogP contribution in [0.15, 0.2) is 0 Å². The van der Waals surface area contributed by atoms with Crippen LogP contribution in [0, 0.1) is 11.8 Å². The molecule has 0 amide bonds. The van der Waals surface area contributed by atoms with Crippen molar-refractivity contribution in [2.45, 2.75) is 64.8 Å². The summed E-state index contributed by atoms with van der Waals surface area (Å²) in [5.41, 5.74) is 0. The maximum Gasteiger partial charge on any atom is 0.0587 e. The van der Waals surface area contributed by atoms with Crippen molar-refractivity contribution >= 4 is 0 Å². The van der Waals surface area contributed by atoms with Gasteiger partial charge in [-0.1, -0.05) is 39.0 Å². The normalized spacial score (nSPS) is 24.8. The number of hydrogen-bond donors (Lipinski definition) is 2. The number of hydrogen-bond acceptors (Lipinski definition) is 3. The number of methoxy groups -OCH3 is 1. The van der Waals surface area contributed by atoms with E-state index < -0.39 is 0 Å². The summed E-state index contributed by atoms with van der Waals surface area (Å²) in [6.45, 7) is 8.56. The first-order valence-corrected chi connectivity index (χ1v) is 8.69. The van der Waals surface area contributed by atoms with Crippen LogP contribution in [0.1, 0.15) is 58.8 Å². The Morgan fingerprint density at radius 1 is 1.15 bits per heavy atom. The molecule has 0 spiro atoms. The molecule has 1 unspecified atom stereocenters. The Labute approximate surface area is 126 Å². The van der Waals surface area contributed by atoms with Gasteiger partial charge in [0.15, 0.2) is 0 Å². The Hall–Kier alpha value is -0.120. The molecule has 3 heteroatoms. The molecule has 3 nitrogen and oxygen atoms in total. The molecule has 1 aliphatic carbocycles. The van der Waals surface area contributed by atoms with E-state index in [0.717, 1.165) is 31.5 Å². The number of unbranched alkanes of at least 4 members (excludes halogenated alkanes) is 1. The van der Waals surface area contributed by atoms with E-state index in [2.05, 4.69) is 24.5 Å². The van der Waals surface area contributed by atoms with Gasteiger partial charge in [-0.2, -0.15) is 0 Å². The second-order valence-electron chi connectivity index (χ2n) is 6.54. The van der Waals surface area contributed by atoms with Crippen LogP contribution in [0.5, 0.6) is 0 Å². The molecule has 0 aliphatic heterocycles. The quantitative estimate of drug-likeness (QED) is 0.572. The molecule has 0 radical (unpaired) electrons. The summed E-state index contributed by atoms with van der Waals surface area (Å²) in [6, 6.07) is 0.560. The Morgan fingerprint density at radius 2 is 1.85 bits per heavy atom. The lowest BCUT2D eigenvalue weighted by molar-refractivity contribution is 0.198. The van der Waals surface area contributed by atoms with Crippen molar-refractivity contribution in [1.29, 1.82) is 0 Å². The molecule has 20 heavy (non-hydrogen) atoms. The highest BCUT2D eigenvalue weighted by molar-refractivity contribution is 4.75. The van der Waals surface area contributed by atoms with Gasteiger partial charge in [0.05, 0.1) is 6.61 Å². The summed E-state index contributed by atoms with van der Waals surface area (Å²) < 4.78 is 5.03. The highest BCUT2D eigenvalue weighted by atomic mass is 16.5. The van der Waals surface area contributed by atoms with Crippen LogP contribution in [-0.4, -0.2) is 39.4 Å². The van der Waals surface area contributed by atoms with E-state index in [9.17, 15) is 0 Å². The Balaban J connectivity index is 2.00. The fraction of sp³-hybridized carbons (Fsp3) is 1.00. The van der Waals surface area contributed by atoms with Crippen LogP contribution in [0.4, 0.5) is 0 Å². The highest BCUT2D eigenvalue weighted by Crippen LogP contribution is 2.31. The summed E-state index contributed by atoms with van der Waals surface area (Å²) in [4.78, 5) is 0. The van der Waals surface area contributed by atoms with Crippen molar-refractivity contribution in [1.82, 2.24) is 10.6 Å². The first-order chi connectivity index (χ1) is 9.76. The maximum absolute atomic E-state index is 5.03. The molecule has 0 aromatic rings. The topological polar surface area (TPSA) is 33.3 Å². The summed E-state index contributed by atoms with van der Waals surface area (Å²) >= 11 is 0. The molecule has 0 saturated heterocycles. The summed E-state index contributed by atoms with van der Waals surface area (Å²) in [5.74, 6) is 1.94. The average molecular weight is 284 g/mol. The molecule has 0 bridgehead atoms. The van der Waals surface area contributed by atoms with E-state index in [1.54, 1.807) is 7.11 Å². The van der Waals surface area contributed by atoms with Gasteiger partial charge in [0, 0.05) is 26.2 Å². The zero-order valence-electron chi connectivity index (χ0n) is 13.9. The van der Waals surface area contributed by atoms with Gasteiger partial charge in [-0.3, -0.25) is 0 Å². The minimum absolute atomic E-state index is 0.560. The monoisotopic (exact) mass is 284 g/mol. The van der Waals surface area contributed by atoms with Gasteiger partial charge in [0.25, 0.3) is 0 Å². The van der Waals surface area contributed by atoms with E-state index in [1.165, 1.54) is 51.5 Å². The number of ether oxygens (including phenoxy) is 1. The lowest BCUT2D eigenvalue weighted by atomic mass is 9.80. The fourth-order valence-electron chi connectivity index (χ4n) is 3.15. The first kappa shape index (κ1) is 17.9. The van der Waals surface area contributed by atoms with Crippen molar-refractivity contribution < 1.29 is 4.74 Å². The van der Waals surface area contributed by atoms with Crippen molar-refractivity contribution in [3.8, 4) is 0 Å². The molecule has 1 rings (SSSR count). The zero-order chi connectivity index (χ0) is 14.6. The second kappa shape index (κ2) is 11.5. The molecule has 1 atom stereocenters. The van der Waals surface area contributed by atoms with E-state index in [1.807, 2.05) is 0 Å². The van der Waals surface area contributed by atoms with Gasteiger partial charge in [-0.15, -0.1) is 0 Å². The highest BCUT2D eigenvalue weighted by Gasteiger charge is 2.20. The van der Waals surface area contributed by atoms with Crippen LogP contribution in [-0.2, 0) is 4.74 Å². The first-order valence-electron chi connectivity index (χ1n) is 8.69. The second-order valence-corrected chi connectivity index (χ2v) is 6.54. The third-order valence-electron chi connectivity index (χ3n) is 4.62. The van der Waals surface area contributed by atoms with Crippen molar-refractivity contribution in [2.75, 3.05) is 33.4 Å². The SMILES string of the molecule is CCCCC1CCC(CNC(C)CNCCOC)CC1. The summed E-state index contributed by atoms with van der Waals surface area (Å²) in [6.07, 6.45) is 10.1. The lowest BCUT2D eigenvalue weighted by Crippen LogP contribution is -2.40. The smallest absolute Gasteiger partial charge is 0.0587 e. The van der Waals surface area contributed by atoms with Gasteiger partial charge in [-0.05, 0) is 38.1 Å². The van der Waals surface area contributed by atoms with Crippen LogP contribution in [0.2, 0.25) is 0 Å². The molecule has 2 N–H and O–H groups in total. The van der Waals surface area contributed by atoms with Crippen molar-refractivity contribution in [3.63, 3.8) is 0 Å². The van der Waals surface area contributed by atoms with E-state index >= 15 is 0 Å². The average Bonchev–Trinajstić information content (AvgIpc) is 2.48. The third-order valence-corrected chi connectivity index (χ3v) is 4.62. The molecule has 1 aliphatic rings. The Morgan fingerprint density at radius 3 is 2.50 bits per heavy atom. The molecular weight excluding hydrogens is 248 g/mol. The molecule has 120 valence electrons. The molecule has 1 fully saturated rings. The Kier molecular flexibility index (Phi) is 10.3. The van der Waals surface area contributed by atoms with Gasteiger partial charge >= 0.3 is 0 Å². The van der Waals surface area contributed by atoms with Gasteiger partial charge in [0.1, 0.15) is 0 Å². The van der Waals surface area contributed by atoms with Gasteiger partial charge < -0.3 is 15.4 Å². The fourth-order valence-corrected chi connectivity index (χ4v) is 3.15. The summed E-state index contributed by atoms with van der Waals surface area (Å²) in [5, 5.41) is 7.10.